The first-order valence-corrected chi connectivity index (χ1v) is 6.58. The van der Waals surface area contributed by atoms with Crippen LogP contribution in [0.1, 0.15) is 24.2 Å². The Bertz CT molecular complexity index is 566. The van der Waals surface area contributed by atoms with E-state index in [9.17, 15) is 0 Å². The lowest BCUT2D eigenvalue weighted by Crippen LogP contribution is -2.19. The van der Waals surface area contributed by atoms with E-state index in [0.29, 0.717) is 6.54 Å². The molecule has 1 N–H and O–H groups in total. The molecule has 0 aliphatic rings. The number of methoxy groups -OCH3 is 2. The molecule has 0 saturated carbocycles. The molecule has 0 saturated heterocycles. The summed E-state index contributed by atoms with van der Waals surface area (Å²) < 4.78 is 12.5. The number of rotatable bonds is 6. The number of benzene rings is 1. The Balaban J connectivity index is 2.07. The van der Waals surface area contributed by atoms with Crippen LogP contribution in [0.2, 0.25) is 0 Å². The summed E-state index contributed by atoms with van der Waals surface area (Å²) in [5.74, 6) is 1.52. The van der Waals surface area contributed by atoms with Crippen LogP contribution in [0.3, 0.4) is 0 Å². The van der Waals surface area contributed by atoms with E-state index >= 15 is 0 Å². The van der Waals surface area contributed by atoms with Gasteiger partial charge in [0, 0.05) is 31.4 Å². The third-order valence-electron chi connectivity index (χ3n) is 3.26. The number of ether oxygens (including phenoxy) is 2. The molecule has 1 aromatic heterocycles. The normalized spacial score (nSPS) is 12.2. The van der Waals surface area contributed by atoms with E-state index in [4.69, 9.17) is 9.47 Å². The van der Waals surface area contributed by atoms with Crippen LogP contribution in [0.4, 0.5) is 0 Å². The van der Waals surface area contributed by atoms with Gasteiger partial charge in [-0.2, -0.15) is 5.10 Å². The molecule has 0 radical (unpaired) electrons. The smallest absolute Gasteiger partial charge is 0.165 e. The Morgan fingerprint density at radius 3 is 2.65 bits per heavy atom. The van der Waals surface area contributed by atoms with Gasteiger partial charge in [0.15, 0.2) is 11.5 Å². The van der Waals surface area contributed by atoms with E-state index < -0.39 is 0 Å². The van der Waals surface area contributed by atoms with Gasteiger partial charge in [-0.1, -0.05) is 12.1 Å². The summed E-state index contributed by atoms with van der Waals surface area (Å²) in [6.07, 6.45) is 1.94. The Hall–Kier alpha value is -2.01. The van der Waals surface area contributed by atoms with Crippen LogP contribution in [0.25, 0.3) is 0 Å². The summed E-state index contributed by atoms with van der Waals surface area (Å²) in [7, 11) is 5.22. The van der Waals surface area contributed by atoms with Crippen molar-refractivity contribution in [3.63, 3.8) is 0 Å². The van der Waals surface area contributed by atoms with Crippen molar-refractivity contribution in [3.05, 3.63) is 41.7 Å². The summed E-state index contributed by atoms with van der Waals surface area (Å²) in [4.78, 5) is 0. The zero-order valence-corrected chi connectivity index (χ0v) is 12.4. The minimum atomic E-state index is 0.173. The van der Waals surface area contributed by atoms with Gasteiger partial charge in [-0.05, 0) is 19.1 Å². The average molecular weight is 275 g/mol. The molecular weight excluding hydrogens is 254 g/mol. The van der Waals surface area contributed by atoms with Gasteiger partial charge in [0.25, 0.3) is 0 Å². The number of hydrogen-bond donors (Lipinski definition) is 1. The van der Waals surface area contributed by atoms with Crippen LogP contribution in [0, 0.1) is 0 Å². The van der Waals surface area contributed by atoms with Gasteiger partial charge < -0.3 is 14.8 Å². The highest BCUT2D eigenvalue weighted by Gasteiger charge is 2.12. The van der Waals surface area contributed by atoms with Crippen LogP contribution in [-0.2, 0) is 13.6 Å². The molecular formula is C15H21N3O2. The third kappa shape index (κ3) is 3.11. The number of aryl methyl sites for hydroxylation is 1. The molecule has 0 spiro atoms. The van der Waals surface area contributed by atoms with E-state index in [-0.39, 0.29) is 6.04 Å². The molecule has 1 atom stereocenters. The lowest BCUT2D eigenvalue weighted by atomic mass is 10.1. The molecule has 0 amide bonds. The van der Waals surface area contributed by atoms with Crippen molar-refractivity contribution in [1.29, 1.82) is 0 Å². The van der Waals surface area contributed by atoms with Gasteiger partial charge in [0.2, 0.25) is 0 Å². The fourth-order valence-electron chi connectivity index (χ4n) is 2.12. The van der Waals surface area contributed by atoms with Gasteiger partial charge in [0.1, 0.15) is 0 Å². The van der Waals surface area contributed by atoms with Crippen molar-refractivity contribution in [1.82, 2.24) is 15.1 Å². The fourth-order valence-corrected chi connectivity index (χ4v) is 2.12. The standard InChI is InChI=1S/C15H21N3O2/c1-11(13-8-9-18(2)17-13)16-10-12-6-5-7-14(19-3)15(12)20-4/h5-9,11,16H,10H2,1-4H3. The number of para-hydroxylation sites is 1. The van der Waals surface area contributed by atoms with Crippen LogP contribution in [0.15, 0.2) is 30.5 Å². The van der Waals surface area contributed by atoms with Crippen molar-refractivity contribution in [2.75, 3.05) is 14.2 Å². The van der Waals surface area contributed by atoms with E-state index in [1.165, 1.54) is 0 Å². The lowest BCUT2D eigenvalue weighted by molar-refractivity contribution is 0.350. The monoisotopic (exact) mass is 275 g/mol. The first-order valence-electron chi connectivity index (χ1n) is 6.58. The molecule has 20 heavy (non-hydrogen) atoms. The van der Waals surface area contributed by atoms with Crippen LogP contribution < -0.4 is 14.8 Å². The highest BCUT2D eigenvalue weighted by atomic mass is 16.5. The Kier molecular flexibility index (Phi) is 4.63. The fraction of sp³-hybridized carbons (Fsp3) is 0.400. The topological polar surface area (TPSA) is 48.3 Å². The maximum atomic E-state index is 5.42. The second kappa shape index (κ2) is 6.43. The molecule has 0 bridgehead atoms. The summed E-state index contributed by atoms with van der Waals surface area (Å²) in [6.45, 7) is 2.78. The highest BCUT2D eigenvalue weighted by Crippen LogP contribution is 2.30. The largest absolute Gasteiger partial charge is 0.493 e. The summed E-state index contributed by atoms with van der Waals surface area (Å²) in [6, 6.07) is 8.07. The summed E-state index contributed by atoms with van der Waals surface area (Å²) >= 11 is 0. The second-order valence-electron chi connectivity index (χ2n) is 4.67. The molecule has 2 rings (SSSR count). The molecule has 0 aliphatic heterocycles. The number of hydrogen-bond acceptors (Lipinski definition) is 4. The van der Waals surface area contributed by atoms with E-state index in [1.54, 1.807) is 18.9 Å². The number of nitrogens with one attached hydrogen (secondary N) is 1. The maximum Gasteiger partial charge on any atom is 0.165 e. The van der Waals surface area contributed by atoms with E-state index in [1.807, 2.05) is 37.5 Å². The molecule has 5 nitrogen and oxygen atoms in total. The van der Waals surface area contributed by atoms with E-state index in [2.05, 4.69) is 17.3 Å². The van der Waals surface area contributed by atoms with Gasteiger partial charge in [-0.15, -0.1) is 0 Å². The minimum absolute atomic E-state index is 0.173. The van der Waals surface area contributed by atoms with Crippen molar-refractivity contribution in [3.8, 4) is 11.5 Å². The summed E-state index contributed by atoms with van der Waals surface area (Å²) in [5.41, 5.74) is 2.09. The van der Waals surface area contributed by atoms with Crippen LogP contribution >= 0.6 is 0 Å². The Morgan fingerprint density at radius 2 is 2.05 bits per heavy atom. The Morgan fingerprint density at radius 1 is 1.25 bits per heavy atom. The molecule has 1 unspecified atom stereocenters. The van der Waals surface area contributed by atoms with Crippen molar-refractivity contribution >= 4 is 0 Å². The quantitative estimate of drug-likeness (QED) is 0.878. The maximum absolute atomic E-state index is 5.42. The SMILES string of the molecule is COc1cccc(CNC(C)c2ccn(C)n2)c1OC. The Labute approximate surface area is 119 Å². The van der Waals surface area contributed by atoms with Crippen molar-refractivity contribution in [2.24, 2.45) is 7.05 Å². The predicted octanol–water partition coefficient (Wildman–Crippen LogP) is 2.29. The molecule has 5 heteroatoms. The van der Waals surface area contributed by atoms with Crippen molar-refractivity contribution in [2.45, 2.75) is 19.5 Å². The molecule has 1 heterocycles. The van der Waals surface area contributed by atoms with Gasteiger partial charge in [0.05, 0.1) is 19.9 Å². The first kappa shape index (κ1) is 14.4. The predicted molar refractivity (Wildman–Crippen MR) is 78.0 cm³/mol. The second-order valence-corrected chi connectivity index (χ2v) is 4.67. The molecule has 1 aromatic carbocycles. The van der Waals surface area contributed by atoms with Gasteiger partial charge in [-0.3, -0.25) is 4.68 Å². The average Bonchev–Trinajstić information content (AvgIpc) is 2.90. The van der Waals surface area contributed by atoms with E-state index in [0.717, 1.165) is 22.8 Å². The zero-order chi connectivity index (χ0) is 14.5. The number of nitrogens with zero attached hydrogens (tertiary/aromatic N) is 2. The van der Waals surface area contributed by atoms with Gasteiger partial charge >= 0.3 is 0 Å². The lowest BCUT2D eigenvalue weighted by Gasteiger charge is -2.15. The summed E-state index contributed by atoms with van der Waals surface area (Å²) in [5, 5.41) is 7.84. The highest BCUT2D eigenvalue weighted by molar-refractivity contribution is 5.46. The number of aromatic nitrogens is 2. The van der Waals surface area contributed by atoms with Gasteiger partial charge in [-0.25, -0.2) is 0 Å². The molecule has 0 aliphatic carbocycles. The molecule has 2 aromatic rings. The molecule has 108 valence electrons. The van der Waals surface area contributed by atoms with Crippen molar-refractivity contribution < 1.29 is 9.47 Å². The third-order valence-corrected chi connectivity index (χ3v) is 3.26. The zero-order valence-electron chi connectivity index (χ0n) is 12.4. The molecule has 0 fully saturated rings. The first-order chi connectivity index (χ1) is 9.65. The minimum Gasteiger partial charge on any atom is -0.493 e. The van der Waals surface area contributed by atoms with Crippen LogP contribution in [-0.4, -0.2) is 24.0 Å². The van der Waals surface area contributed by atoms with Crippen LogP contribution in [0.5, 0.6) is 11.5 Å².